The molecule has 0 amide bonds. The predicted octanol–water partition coefficient (Wildman–Crippen LogP) is 4.77. The van der Waals surface area contributed by atoms with E-state index in [0.29, 0.717) is 17.2 Å². The van der Waals surface area contributed by atoms with Gasteiger partial charge in [0.05, 0.1) is 17.5 Å². The fourth-order valence-electron chi connectivity index (χ4n) is 3.07. The Balaban J connectivity index is 1.95. The summed E-state index contributed by atoms with van der Waals surface area (Å²) in [5.41, 5.74) is 2.46. The molecular formula is C18H21ClO3S. The molecule has 2 aliphatic rings. The van der Waals surface area contributed by atoms with Crippen LogP contribution in [-0.2, 0) is 9.53 Å². The van der Waals surface area contributed by atoms with Crippen LogP contribution in [0, 0.1) is 12.8 Å². The first-order valence-electron chi connectivity index (χ1n) is 8.16. The molecule has 1 heterocycles. The van der Waals surface area contributed by atoms with Crippen molar-refractivity contribution in [3.8, 4) is 0 Å². The summed E-state index contributed by atoms with van der Waals surface area (Å²) >= 11 is 8.34. The van der Waals surface area contributed by atoms with E-state index in [4.69, 9.17) is 16.3 Å². The van der Waals surface area contributed by atoms with Crippen molar-refractivity contribution in [3.63, 3.8) is 0 Å². The number of rotatable bonds is 6. The Morgan fingerprint density at radius 2 is 2.09 bits per heavy atom. The van der Waals surface area contributed by atoms with E-state index in [-0.39, 0.29) is 30.0 Å². The van der Waals surface area contributed by atoms with Crippen molar-refractivity contribution >= 4 is 34.9 Å². The lowest BCUT2D eigenvalue weighted by Gasteiger charge is -2.28. The van der Waals surface area contributed by atoms with Gasteiger partial charge in [-0.1, -0.05) is 11.6 Å². The first-order valence-corrected chi connectivity index (χ1v) is 9.52. The van der Waals surface area contributed by atoms with Crippen LogP contribution in [0.25, 0.3) is 0 Å². The molecule has 1 unspecified atom stereocenters. The van der Waals surface area contributed by atoms with Gasteiger partial charge in [-0.25, -0.2) is 0 Å². The number of ether oxygens (including phenoxy) is 1. The molecule has 0 spiro atoms. The molecular weight excluding hydrogens is 332 g/mol. The number of hydrogen-bond acceptors (Lipinski definition) is 4. The van der Waals surface area contributed by atoms with E-state index in [1.165, 1.54) is 0 Å². The minimum absolute atomic E-state index is 0.0327. The van der Waals surface area contributed by atoms with Gasteiger partial charge in [-0.2, -0.15) is 0 Å². The number of benzene rings is 1. The lowest BCUT2D eigenvalue weighted by Crippen LogP contribution is -2.16. The van der Waals surface area contributed by atoms with E-state index in [0.717, 1.165) is 41.0 Å². The number of halogens is 1. The van der Waals surface area contributed by atoms with E-state index in [1.807, 2.05) is 19.9 Å². The number of aryl methyl sites for hydroxylation is 1. The smallest absolute Gasteiger partial charge is 0.171 e. The van der Waals surface area contributed by atoms with Crippen molar-refractivity contribution in [2.75, 3.05) is 12.4 Å². The van der Waals surface area contributed by atoms with Crippen LogP contribution in [0.3, 0.4) is 0 Å². The van der Waals surface area contributed by atoms with E-state index in [2.05, 4.69) is 0 Å². The molecule has 3 rings (SSSR count). The molecule has 0 bridgehead atoms. The third-order valence-electron chi connectivity index (χ3n) is 4.42. The number of thioether (sulfide) groups is 1. The van der Waals surface area contributed by atoms with Gasteiger partial charge < -0.3 is 4.74 Å². The van der Waals surface area contributed by atoms with Crippen LogP contribution in [0.1, 0.15) is 60.2 Å². The molecule has 1 aliphatic heterocycles. The van der Waals surface area contributed by atoms with Crippen molar-refractivity contribution < 1.29 is 14.3 Å². The molecule has 1 aliphatic carbocycles. The van der Waals surface area contributed by atoms with E-state index < -0.39 is 0 Å². The highest BCUT2D eigenvalue weighted by Gasteiger charge is 2.33. The van der Waals surface area contributed by atoms with Gasteiger partial charge in [0.1, 0.15) is 5.78 Å². The summed E-state index contributed by atoms with van der Waals surface area (Å²) in [6.45, 7) is 4.57. The minimum atomic E-state index is -0.163. The molecule has 1 aromatic carbocycles. The fraction of sp³-hybridized carbons (Fsp3) is 0.556. The van der Waals surface area contributed by atoms with Crippen molar-refractivity contribution in [2.24, 2.45) is 5.92 Å². The lowest BCUT2D eigenvalue weighted by atomic mass is 9.95. The van der Waals surface area contributed by atoms with Crippen LogP contribution in [0.5, 0.6) is 0 Å². The standard InChI is InChI=1S/C18H21ClO3S/c1-3-22-15-6-7-23-18-10(2)8-12(17(19)16(15)18)14(21)9-13(20)11-4-5-11/h8,11,15H,3-7,9H2,1-2H3. The van der Waals surface area contributed by atoms with Crippen molar-refractivity contribution in [3.05, 3.63) is 27.8 Å². The SMILES string of the molecule is CCOC1CCSc2c(C)cc(C(=O)CC(=O)C3CC3)c(Cl)c21. The van der Waals surface area contributed by atoms with Crippen molar-refractivity contribution in [1.29, 1.82) is 0 Å². The molecule has 1 saturated carbocycles. The van der Waals surface area contributed by atoms with Crippen LogP contribution in [-0.4, -0.2) is 23.9 Å². The van der Waals surface area contributed by atoms with Gasteiger partial charge in [0, 0.05) is 34.3 Å². The summed E-state index contributed by atoms with van der Waals surface area (Å²) in [5.74, 6) is 0.978. The molecule has 1 fully saturated rings. The molecule has 124 valence electrons. The number of carbonyl (C=O) groups excluding carboxylic acids is 2. The van der Waals surface area contributed by atoms with Crippen molar-refractivity contribution in [1.82, 2.24) is 0 Å². The monoisotopic (exact) mass is 352 g/mol. The average Bonchev–Trinajstić information content (AvgIpc) is 3.35. The summed E-state index contributed by atoms with van der Waals surface area (Å²) in [7, 11) is 0. The predicted molar refractivity (Wildman–Crippen MR) is 92.6 cm³/mol. The number of ketones is 2. The molecule has 0 N–H and O–H groups in total. The maximum Gasteiger partial charge on any atom is 0.171 e. The van der Waals surface area contributed by atoms with Gasteiger partial charge in [0.25, 0.3) is 0 Å². The highest BCUT2D eigenvalue weighted by Crippen LogP contribution is 2.45. The molecule has 0 aromatic heterocycles. The third-order valence-corrected chi connectivity index (χ3v) is 6.10. The lowest BCUT2D eigenvalue weighted by molar-refractivity contribution is -0.119. The second kappa shape index (κ2) is 6.96. The third kappa shape index (κ3) is 3.49. The molecule has 3 nitrogen and oxygen atoms in total. The van der Waals surface area contributed by atoms with Crippen molar-refractivity contribution in [2.45, 2.75) is 50.5 Å². The summed E-state index contributed by atoms with van der Waals surface area (Å²) in [4.78, 5) is 25.6. The van der Waals surface area contributed by atoms with Gasteiger partial charge in [0.2, 0.25) is 0 Å². The van der Waals surface area contributed by atoms with Gasteiger partial charge in [-0.05, 0) is 44.7 Å². The Labute approximate surface area is 146 Å². The maximum atomic E-state index is 12.6. The zero-order valence-electron chi connectivity index (χ0n) is 13.5. The zero-order valence-corrected chi connectivity index (χ0v) is 15.1. The van der Waals surface area contributed by atoms with E-state index >= 15 is 0 Å². The highest BCUT2D eigenvalue weighted by atomic mass is 35.5. The van der Waals surface area contributed by atoms with Gasteiger partial charge in [-0.3, -0.25) is 9.59 Å². The van der Waals surface area contributed by atoms with Crippen LogP contribution >= 0.6 is 23.4 Å². The zero-order chi connectivity index (χ0) is 16.6. The van der Waals surface area contributed by atoms with E-state index in [1.54, 1.807) is 11.8 Å². The summed E-state index contributed by atoms with van der Waals surface area (Å²) in [6.07, 6.45) is 2.64. The first kappa shape index (κ1) is 17.0. The molecule has 5 heteroatoms. The quantitative estimate of drug-likeness (QED) is 0.546. The minimum Gasteiger partial charge on any atom is -0.374 e. The van der Waals surface area contributed by atoms with Crippen LogP contribution in [0.15, 0.2) is 11.0 Å². The normalized spacial score (nSPS) is 20.2. The topological polar surface area (TPSA) is 43.4 Å². The number of Topliss-reactive ketones (excluding diaryl/α,β-unsaturated/α-hetero) is 2. The first-order chi connectivity index (χ1) is 11.0. The number of fused-ring (bicyclic) bond motifs is 1. The fourth-order valence-corrected chi connectivity index (χ4v) is 4.71. The largest absolute Gasteiger partial charge is 0.374 e. The Kier molecular flexibility index (Phi) is 5.14. The van der Waals surface area contributed by atoms with Crippen LogP contribution in [0.4, 0.5) is 0 Å². The van der Waals surface area contributed by atoms with Gasteiger partial charge in [-0.15, -0.1) is 11.8 Å². The Morgan fingerprint density at radius 1 is 1.35 bits per heavy atom. The second-order valence-electron chi connectivity index (χ2n) is 6.22. The summed E-state index contributed by atoms with van der Waals surface area (Å²) in [5, 5.41) is 0.477. The highest BCUT2D eigenvalue weighted by molar-refractivity contribution is 7.99. The average molecular weight is 353 g/mol. The second-order valence-corrected chi connectivity index (χ2v) is 7.70. The number of hydrogen-bond donors (Lipinski definition) is 0. The molecule has 0 saturated heterocycles. The summed E-state index contributed by atoms with van der Waals surface area (Å²) < 4.78 is 5.83. The van der Waals surface area contributed by atoms with Crippen LogP contribution < -0.4 is 0 Å². The van der Waals surface area contributed by atoms with Crippen LogP contribution in [0.2, 0.25) is 5.02 Å². The van der Waals surface area contributed by atoms with E-state index in [9.17, 15) is 9.59 Å². The molecule has 1 atom stereocenters. The van der Waals surface area contributed by atoms with Gasteiger partial charge >= 0.3 is 0 Å². The molecule has 23 heavy (non-hydrogen) atoms. The molecule has 1 aromatic rings. The summed E-state index contributed by atoms with van der Waals surface area (Å²) in [6, 6.07) is 1.84. The Hall–Kier alpha value is -0.840. The molecule has 0 radical (unpaired) electrons. The Bertz CT molecular complexity index is 652. The maximum absolute atomic E-state index is 12.6. The number of carbonyl (C=O) groups is 2. The van der Waals surface area contributed by atoms with Gasteiger partial charge in [0.15, 0.2) is 5.78 Å². The Morgan fingerprint density at radius 3 is 2.74 bits per heavy atom.